The molecule has 1 heterocycles. The van der Waals surface area contributed by atoms with Gasteiger partial charge in [0.15, 0.2) is 17.8 Å². The van der Waals surface area contributed by atoms with Crippen LogP contribution in [0.25, 0.3) is 6.08 Å². The predicted molar refractivity (Wildman–Crippen MR) is 86.7 cm³/mol. The minimum absolute atomic E-state index is 0.0452. The fraction of sp³-hybridized carbons (Fsp3) is 0.125. The fourth-order valence-electron chi connectivity index (χ4n) is 2.00. The summed E-state index contributed by atoms with van der Waals surface area (Å²) in [6.45, 7) is 1.84. The van der Waals surface area contributed by atoms with Crippen LogP contribution >= 0.6 is 11.3 Å². The van der Waals surface area contributed by atoms with Crippen molar-refractivity contribution in [1.29, 1.82) is 0 Å². The molecule has 5 nitrogen and oxygen atoms in total. The van der Waals surface area contributed by atoms with Crippen LogP contribution in [0.15, 0.2) is 29.8 Å². The first-order valence-electron chi connectivity index (χ1n) is 6.42. The number of carbonyl (C=O) groups excluding carboxylic acids is 2. The molecule has 0 spiro atoms. The molecule has 0 unspecified atom stereocenters. The summed E-state index contributed by atoms with van der Waals surface area (Å²) in [4.78, 5) is 24.2. The lowest BCUT2D eigenvalue weighted by Gasteiger charge is -2.13. The average molecular weight is 317 g/mol. The minimum atomic E-state index is 0.0452. The van der Waals surface area contributed by atoms with E-state index in [0.29, 0.717) is 22.7 Å². The third kappa shape index (κ3) is 3.17. The molecular formula is C16H15NO4S. The molecule has 0 aliphatic rings. The molecular weight excluding hydrogens is 302 g/mol. The second-order valence-electron chi connectivity index (χ2n) is 4.51. The van der Waals surface area contributed by atoms with E-state index in [-0.39, 0.29) is 5.75 Å². The molecule has 2 aromatic rings. The number of aryl methyl sites for hydroxylation is 1. The standard InChI is InChI=1S/C16H15NO4S/c1-11-9-22-15(8-18)16(11)17(10-19)6-5-12-3-4-13(20)14(7-12)21-2/h3-10,20H,1-2H3. The zero-order valence-electron chi connectivity index (χ0n) is 12.1. The van der Waals surface area contributed by atoms with Crippen molar-refractivity contribution in [3.05, 3.63) is 45.8 Å². The van der Waals surface area contributed by atoms with E-state index >= 15 is 0 Å². The molecule has 0 atom stereocenters. The molecule has 0 fully saturated rings. The maximum Gasteiger partial charge on any atom is 0.218 e. The first kappa shape index (κ1) is 15.8. The first-order valence-corrected chi connectivity index (χ1v) is 7.30. The Kier molecular flexibility index (Phi) is 4.95. The van der Waals surface area contributed by atoms with Gasteiger partial charge in [-0.15, -0.1) is 11.3 Å². The number of ether oxygens (including phenoxy) is 1. The number of thiophene rings is 1. The average Bonchev–Trinajstić information content (AvgIpc) is 2.90. The van der Waals surface area contributed by atoms with Crippen molar-refractivity contribution in [2.24, 2.45) is 0 Å². The highest BCUT2D eigenvalue weighted by Crippen LogP contribution is 2.30. The molecule has 0 bridgehead atoms. The summed E-state index contributed by atoms with van der Waals surface area (Å²) in [5, 5.41) is 11.4. The van der Waals surface area contributed by atoms with Crippen LogP contribution in [0.1, 0.15) is 20.8 Å². The number of benzene rings is 1. The second kappa shape index (κ2) is 6.91. The summed E-state index contributed by atoms with van der Waals surface area (Å²) in [6.07, 6.45) is 4.65. The molecule has 0 aliphatic carbocycles. The number of aromatic hydroxyl groups is 1. The van der Waals surface area contributed by atoms with Gasteiger partial charge in [-0.2, -0.15) is 0 Å². The van der Waals surface area contributed by atoms with Gasteiger partial charge < -0.3 is 9.84 Å². The van der Waals surface area contributed by atoms with Crippen molar-refractivity contribution in [3.8, 4) is 11.5 Å². The molecule has 0 saturated carbocycles. The summed E-state index contributed by atoms with van der Waals surface area (Å²) < 4.78 is 5.03. The zero-order valence-corrected chi connectivity index (χ0v) is 13.0. The summed E-state index contributed by atoms with van der Waals surface area (Å²) >= 11 is 1.29. The highest BCUT2D eigenvalue weighted by Gasteiger charge is 2.13. The third-order valence-electron chi connectivity index (χ3n) is 3.08. The maximum atomic E-state index is 11.3. The number of methoxy groups -OCH3 is 1. The van der Waals surface area contributed by atoms with Crippen molar-refractivity contribution in [2.45, 2.75) is 6.92 Å². The molecule has 22 heavy (non-hydrogen) atoms. The molecule has 2 rings (SSSR count). The van der Waals surface area contributed by atoms with Gasteiger partial charge in [0.25, 0.3) is 0 Å². The lowest BCUT2D eigenvalue weighted by atomic mass is 10.2. The Morgan fingerprint density at radius 3 is 2.73 bits per heavy atom. The lowest BCUT2D eigenvalue weighted by Crippen LogP contribution is -2.14. The van der Waals surface area contributed by atoms with Gasteiger partial charge in [-0.3, -0.25) is 14.5 Å². The Hall–Kier alpha value is -2.60. The summed E-state index contributed by atoms with van der Waals surface area (Å²) in [5.41, 5.74) is 2.19. The number of phenolic OH excluding ortho intramolecular Hbond substituents is 1. The topological polar surface area (TPSA) is 66.8 Å². The number of hydrogen-bond donors (Lipinski definition) is 1. The van der Waals surface area contributed by atoms with Gasteiger partial charge in [0.05, 0.1) is 17.7 Å². The smallest absolute Gasteiger partial charge is 0.218 e. The van der Waals surface area contributed by atoms with Crippen LogP contribution in [0, 0.1) is 6.92 Å². The Morgan fingerprint density at radius 1 is 1.32 bits per heavy atom. The van der Waals surface area contributed by atoms with E-state index in [1.54, 1.807) is 24.4 Å². The van der Waals surface area contributed by atoms with Crippen LogP contribution in [0.2, 0.25) is 0 Å². The number of hydrogen-bond acceptors (Lipinski definition) is 5. The number of phenols is 1. The first-order chi connectivity index (χ1) is 10.6. The monoisotopic (exact) mass is 317 g/mol. The van der Waals surface area contributed by atoms with Gasteiger partial charge in [0.1, 0.15) is 0 Å². The van der Waals surface area contributed by atoms with Crippen molar-refractivity contribution in [3.63, 3.8) is 0 Å². The van der Waals surface area contributed by atoms with Crippen molar-refractivity contribution >= 4 is 35.8 Å². The van der Waals surface area contributed by atoms with E-state index < -0.39 is 0 Å². The molecule has 1 amide bonds. The number of aldehydes is 1. The minimum Gasteiger partial charge on any atom is -0.504 e. The number of nitrogens with zero attached hydrogens (tertiary/aromatic N) is 1. The molecule has 114 valence electrons. The van der Waals surface area contributed by atoms with E-state index in [1.165, 1.54) is 29.4 Å². The fourth-order valence-corrected chi connectivity index (χ4v) is 2.85. The van der Waals surface area contributed by atoms with Crippen LogP contribution in [0.5, 0.6) is 11.5 Å². The lowest BCUT2D eigenvalue weighted by molar-refractivity contribution is -0.106. The van der Waals surface area contributed by atoms with Gasteiger partial charge in [-0.1, -0.05) is 6.07 Å². The van der Waals surface area contributed by atoms with Crippen molar-refractivity contribution in [1.82, 2.24) is 0 Å². The van der Waals surface area contributed by atoms with E-state index in [4.69, 9.17) is 4.74 Å². The van der Waals surface area contributed by atoms with Gasteiger partial charge >= 0.3 is 0 Å². The van der Waals surface area contributed by atoms with Gasteiger partial charge in [0, 0.05) is 6.20 Å². The van der Waals surface area contributed by atoms with Gasteiger partial charge in [-0.05, 0) is 41.6 Å². The van der Waals surface area contributed by atoms with E-state index in [1.807, 2.05) is 12.3 Å². The van der Waals surface area contributed by atoms with E-state index in [0.717, 1.165) is 17.4 Å². The molecule has 1 aromatic carbocycles. The molecule has 0 aliphatic heterocycles. The summed E-state index contributed by atoms with van der Waals surface area (Å²) in [7, 11) is 1.46. The highest BCUT2D eigenvalue weighted by molar-refractivity contribution is 7.12. The highest BCUT2D eigenvalue weighted by atomic mass is 32.1. The van der Waals surface area contributed by atoms with Crippen LogP contribution in [0.4, 0.5) is 5.69 Å². The Morgan fingerprint density at radius 2 is 2.09 bits per heavy atom. The van der Waals surface area contributed by atoms with Crippen LogP contribution in [-0.4, -0.2) is 24.9 Å². The predicted octanol–water partition coefficient (Wildman–Crippen LogP) is 3.22. The maximum absolute atomic E-state index is 11.3. The number of anilines is 1. The molecule has 0 saturated heterocycles. The summed E-state index contributed by atoms with van der Waals surface area (Å²) in [5.74, 6) is 0.393. The largest absolute Gasteiger partial charge is 0.504 e. The van der Waals surface area contributed by atoms with Crippen molar-refractivity contribution < 1.29 is 19.4 Å². The van der Waals surface area contributed by atoms with Crippen LogP contribution < -0.4 is 9.64 Å². The Labute approximate surface area is 132 Å². The molecule has 1 aromatic heterocycles. The third-order valence-corrected chi connectivity index (χ3v) is 4.09. The van der Waals surface area contributed by atoms with E-state index in [2.05, 4.69) is 0 Å². The van der Waals surface area contributed by atoms with Crippen molar-refractivity contribution in [2.75, 3.05) is 12.0 Å². The van der Waals surface area contributed by atoms with Gasteiger partial charge in [0.2, 0.25) is 6.41 Å². The normalized spacial score (nSPS) is 10.6. The quantitative estimate of drug-likeness (QED) is 0.831. The number of rotatable bonds is 6. The summed E-state index contributed by atoms with van der Waals surface area (Å²) in [6, 6.07) is 4.85. The molecule has 6 heteroatoms. The number of carbonyl (C=O) groups is 2. The van der Waals surface area contributed by atoms with E-state index in [9.17, 15) is 14.7 Å². The Bertz CT molecular complexity index is 721. The van der Waals surface area contributed by atoms with Gasteiger partial charge in [-0.25, -0.2) is 0 Å². The molecule has 1 N–H and O–H groups in total. The van der Waals surface area contributed by atoms with Crippen LogP contribution in [0.3, 0.4) is 0 Å². The SMILES string of the molecule is COc1cc(C=CN(C=O)c2c(C)csc2C=O)ccc1O. The zero-order chi connectivity index (χ0) is 16.1. The number of amides is 1. The van der Waals surface area contributed by atoms with Crippen LogP contribution in [-0.2, 0) is 4.79 Å². The molecule has 0 radical (unpaired) electrons. The Balaban J connectivity index is 2.32. The second-order valence-corrected chi connectivity index (χ2v) is 5.42.